The predicted molar refractivity (Wildman–Crippen MR) is 74.9 cm³/mol. The molecule has 1 aromatic rings. The smallest absolute Gasteiger partial charge is 0.251 e. The number of carbonyl (C=O) groups excluding carboxylic acids is 1. The summed E-state index contributed by atoms with van der Waals surface area (Å²) in [6, 6.07) is 5.65. The maximum absolute atomic E-state index is 12.1. The summed E-state index contributed by atoms with van der Waals surface area (Å²) in [6.07, 6.45) is 3.15. The van der Waals surface area contributed by atoms with Gasteiger partial charge in [-0.2, -0.15) is 0 Å². The van der Waals surface area contributed by atoms with Gasteiger partial charge in [0.05, 0.1) is 11.8 Å². The standard InChI is InChI=1S/C14H21N3O2/c1-9-7-10(3-6-13(9)17-15)14(18)16-11-4-5-12(8-11)19-2/h3,6-7,11-12,17H,4-5,8,15H2,1-2H3,(H,16,18). The van der Waals surface area contributed by atoms with E-state index >= 15 is 0 Å². The molecular weight excluding hydrogens is 242 g/mol. The maximum atomic E-state index is 12.1. The summed E-state index contributed by atoms with van der Waals surface area (Å²) < 4.78 is 5.30. The number of hydrogen-bond donors (Lipinski definition) is 3. The molecule has 0 radical (unpaired) electrons. The number of hydrazine groups is 1. The van der Waals surface area contributed by atoms with E-state index < -0.39 is 0 Å². The van der Waals surface area contributed by atoms with Gasteiger partial charge in [-0.1, -0.05) is 0 Å². The van der Waals surface area contributed by atoms with Crippen LogP contribution in [-0.4, -0.2) is 25.2 Å². The van der Waals surface area contributed by atoms with Gasteiger partial charge in [0.2, 0.25) is 0 Å². The first-order chi connectivity index (χ1) is 9.13. The van der Waals surface area contributed by atoms with Crippen molar-refractivity contribution in [2.75, 3.05) is 12.5 Å². The number of benzene rings is 1. The molecule has 4 N–H and O–H groups in total. The number of carbonyl (C=O) groups is 1. The SMILES string of the molecule is COC1CCC(NC(=O)c2ccc(NN)c(C)c2)C1. The van der Waals surface area contributed by atoms with E-state index in [1.807, 2.05) is 19.1 Å². The summed E-state index contributed by atoms with van der Waals surface area (Å²) in [5, 5.41) is 3.05. The average Bonchev–Trinajstić information content (AvgIpc) is 2.86. The Bertz CT molecular complexity index is 462. The number of aryl methyl sites for hydroxylation is 1. The van der Waals surface area contributed by atoms with Crippen molar-refractivity contribution >= 4 is 11.6 Å². The molecule has 104 valence electrons. The Labute approximate surface area is 113 Å². The van der Waals surface area contributed by atoms with Crippen LogP contribution in [0.4, 0.5) is 5.69 Å². The number of nitrogens with two attached hydrogens (primary N) is 1. The molecule has 1 amide bonds. The normalized spacial score (nSPS) is 22.3. The zero-order valence-corrected chi connectivity index (χ0v) is 11.4. The van der Waals surface area contributed by atoms with Crippen molar-refractivity contribution < 1.29 is 9.53 Å². The second-order valence-corrected chi connectivity index (χ2v) is 5.02. The Morgan fingerprint density at radius 3 is 2.79 bits per heavy atom. The first kappa shape index (κ1) is 13.8. The van der Waals surface area contributed by atoms with Gasteiger partial charge in [0.1, 0.15) is 0 Å². The van der Waals surface area contributed by atoms with Crippen LogP contribution >= 0.6 is 0 Å². The molecule has 5 heteroatoms. The highest BCUT2D eigenvalue weighted by atomic mass is 16.5. The van der Waals surface area contributed by atoms with Crippen LogP contribution in [0.25, 0.3) is 0 Å². The fourth-order valence-electron chi connectivity index (χ4n) is 2.52. The highest BCUT2D eigenvalue weighted by Crippen LogP contribution is 2.22. The third-order valence-electron chi connectivity index (χ3n) is 3.70. The number of nitrogen functional groups attached to an aromatic ring is 1. The zero-order valence-electron chi connectivity index (χ0n) is 11.4. The fraction of sp³-hybridized carbons (Fsp3) is 0.500. The van der Waals surface area contributed by atoms with E-state index in [0.29, 0.717) is 5.56 Å². The van der Waals surface area contributed by atoms with Crippen LogP contribution in [0.15, 0.2) is 18.2 Å². The van der Waals surface area contributed by atoms with Gasteiger partial charge in [-0.15, -0.1) is 0 Å². The van der Waals surface area contributed by atoms with Gasteiger partial charge in [-0.3, -0.25) is 10.6 Å². The molecule has 1 fully saturated rings. The lowest BCUT2D eigenvalue weighted by Crippen LogP contribution is -2.33. The van der Waals surface area contributed by atoms with Crippen LogP contribution in [0.2, 0.25) is 0 Å². The predicted octanol–water partition coefficient (Wildman–Crippen LogP) is 1.58. The van der Waals surface area contributed by atoms with E-state index in [2.05, 4.69) is 10.7 Å². The third kappa shape index (κ3) is 3.24. The first-order valence-corrected chi connectivity index (χ1v) is 6.55. The summed E-state index contributed by atoms with van der Waals surface area (Å²) in [4.78, 5) is 12.1. The molecule has 0 bridgehead atoms. The van der Waals surface area contributed by atoms with E-state index in [9.17, 15) is 4.79 Å². The number of rotatable bonds is 4. The zero-order chi connectivity index (χ0) is 13.8. The summed E-state index contributed by atoms with van der Waals surface area (Å²) in [7, 11) is 1.72. The van der Waals surface area contributed by atoms with Crippen LogP contribution in [0.1, 0.15) is 35.2 Å². The van der Waals surface area contributed by atoms with Gasteiger partial charge in [0, 0.05) is 18.7 Å². The number of methoxy groups -OCH3 is 1. The minimum Gasteiger partial charge on any atom is -0.381 e. The lowest BCUT2D eigenvalue weighted by molar-refractivity contribution is 0.0915. The van der Waals surface area contributed by atoms with Crippen molar-refractivity contribution in [3.8, 4) is 0 Å². The molecule has 2 rings (SSSR count). The second-order valence-electron chi connectivity index (χ2n) is 5.02. The van der Waals surface area contributed by atoms with Crippen molar-refractivity contribution in [1.29, 1.82) is 0 Å². The molecule has 0 heterocycles. The summed E-state index contributed by atoms with van der Waals surface area (Å²) in [5.41, 5.74) is 5.05. The lowest BCUT2D eigenvalue weighted by atomic mass is 10.1. The van der Waals surface area contributed by atoms with E-state index in [4.69, 9.17) is 10.6 Å². The number of hydrogen-bond acceptors (Lipinski definition) is 4. The largest absolute Gasteiger partial charge is 0.381 e. The molecule has 1 aliphatic rings. The molecular formula is C14H21N3O2. The van der Waals surface area contributed by atoms with E-state index in [1.54, 1.807) is 13.2 Å². The number of nitrogens with one attached hydrogen (secondary N) is 2. The van der Waals surface area contributed by atoms with Crippen molar-refractivity contribution in [3.63, 3.8) is 0 Å². The van der Waals surface area contributed by atoms with E-state index in [0.717, 1.165) is 30.5 Å². The Kier molecular flexibility index (Phi) is 4.39. The minimum atomic E-state index is -0.0339. The van der Waals surface area contributed by atoms with Crippen molar-refractivity contribution in [1.82, 2.24) is 5.32 Å². The minimum absolute atomic E-state index is 0.0339. The molecule has 1 saturated carbocycles. The van der Waals surface area contributed by atoms with Crippen LogP contribution in [-0.2, 0) is 4.74 Å². The molecule has 0 aliphatic heterocycles. The molecule has 0 aromatic heterocycles. The Balaban J connectivity index is 1.98. The van der Waals surface area contributed by atoms with E-state index in [-0.39, 0.29) is 18.1 Å². The average molecular weight is 263 g/mol. The van der Waals surface area contributed by atoms with E-state index in [1.165, 1.54) is 0 Å². The Hall–Kier alpha value is -1.59. The third-order valence-corrected chi connectivity index (χ3v) is 3.70. The van der Waals surface area contributed by atoms with Crippen LogP contribution in [0.5, 0.6) is 0 Å². The van der Waals surface area contributed by atoms with Crippen LogP contribution in [0.3, 0.4) is 0 Å². The topological polar surface area (TPSA) is 76.4 Å². The molecule has 1 aliphatic carbocycles. The van der Waals surface area contributed by atoms with Crippen molar-refractivity contribution in [3.05, 3.63) is 29.3 Å². The van der Waals surface area contributed by atoms with Gasteiger partial charge < -0.3 is 15.5 Å². The monoisotopic (exact) mass is 263 g/mol. The summed E-state index contributed by atoms with van der Waals surface area (Å²) in [5.74, 6) is 5.34. The van der Waals surface area contributed by atoms with Crippen LogP contribution < -0.4 is 16.6 Å². The molecule has 0 spiro atoms. The van der Waals surface area contributed by atoms with Gasteiger partial charge in [-0.05, 0) is 49.9 Å². The number of amides is 1. The fourth-order valence-corrected chi connectivity index (χ4v) is 2.52. The first-order valence-electron chi connectivity index (χ1n) is 6.55. The quantitative estimate of drug-likeness (QED) is 0.569. The molecule has 1 aromatic carbocycles. The van der Waals surface area contributed by atoms with Crippen LogP contribution in [0, 0.1) is 6.92 Å². The van der Waals surface area contributed by atoms with Gasteiger partial charge in [0.15, 0.2) is 0 Å². The maximum Gasteiger partial charge on any atom is 0.251 e. The Morgan fingerprint density at radius 1 is 1.42 bits per heavy atom. The Morgan fingerprint density at radius 2 is 2.21 bits per heavy atom. The highest BCUT2D eigenvalue weighted by molar-refractivity contribution is 5.95. The highest BCUT2D eigenvalue weighted by Gasteiger charge is 2.25. The molecule has 5 nitrogen and oxygen atoms in total. The van der Waals surface area contributed by atoms with Gasteiger partial charge in [0.25, 0.3) is 5.91 Å². The summed E-state index contributed by atoms with van der Waals surface area (Å²) >= 11 is 0. The molecule has 2 atom stereocenters. The molecule has 19 heavy (non-hydrogen) atoms. The lowest BCUT2D eigenvalue weighted by Gasteiger charge is -2.14. The van der Waals surface area contributed by atoms with Crippen molar-refractivity contribution in [2.24, 2.45) is 5.84 Å². The van der Waals surface area contributed by atoms with Gasteiger partial charge in [-0.25, -0.2) is 0 Å². The van der Waals surface area contributed by atoms with Gasteiger partial charge >= 0.3 is 0 Å². The second kappa shape index (κ2) is 6.04. The molecule has 2 unspecified atom stereocenters. The van der Waals surface area contributed by atoms with Crippen molar-refractivity contribution in [2.45, 2.75) is 38.3 Å². The molecule has 0 saturated heterocycles. The summed E-state index contributed by atoms with van der Waals surface area (Å²) in [6.45, 7) is 1.92. The number of ether oxygens (including phenoxy) is 1. The number of anilines is 1.